The van der Waals surface area contributed by atoms with Crippen molar-refractivity contribution in [1.82, 2.24) is 0 Å². The third-order valence-corrected chi connectivity index (χ3v) is 5.43. The molecule has 0 unspecified atom stereocenters. The topological polar surface area (TPSA) is 72.2 Å². The zero-order valence-corrected chi connectivity index (χ0v) is 14.8. The molecule has 0 heterocycles. The minimum atomic E-state index is -4.07. The standard InChI is InChI=1S/C13H11Br2FN2O2S/c1-7-2-3-12(9(15)4-7)18-21(19,20)13-6-11(17)8(14)5-10(13)16/h2-6,18H,17H2,1H3. The Morgan fingerprint density at radius 3 is 2.43 bits per heavy atom. The first-order chi connectivity index (χ1) is 9.70. The van der Waals surface area contributed by atoms with E-state index in [2.05, 4.69) is 36.6 Å². The van der Waals surface area contributed by atoms with Gasteiger partial charge in [-0.2, -0.15) is 0 Å². The number of sulfonamides is 1. The normalized spacial score (nSPS) is 11.4. The van der Waals surface area contributed by atoms with Crippen LogP contribution in [0.3, 0.4) is 0 Å². The lowest BCUT2D eigenvalue weighted by Gasteiger charge is -2.12. The smallest absolute Gasteiger partial charge is 0.264 e. The van der Waals surface area contributed by atoms with Crippen LogP contribution < -0.4 is 10.5 Å². The molecular formula is C13H11Br2FN2O2S. The van der Waals surface area contributed by atoms with E-state index in [1.54, 1.807) is 18.2 Å². The lowest BCUT2D eigenvalue weighted by molar-refractivity contribution is 0.570. The molecule has 0 aliphatic carbocycles. The molecule has 21 heavy (non-hydrogen) atoms. The first-order valence-corrected chi connectivity index (χ1v) is 8.81. The van der Waals surface area contributed by atoms with E-state index >= 15 is 0 Å². The molecule has 0 bridgehead atoms. The second-order valence-corrected chi connectivity index (χ2v) is 7.75. The highest BCUT2D eigenvalue weighted by Crippen LogP contribution is 2.29. The number of nitrogens with two attached hydrogens (primary N) is 1. The Labute approximate surface area is 138 Å². The largest absolute Gasteiger partial charge is 0.398 e. The van der Waals surface area contributed by atoms with Gasteiger partial charge >= 0.3 is 0 Å². The highest BCUT2D eigenvalue weighted by molar-refractivity contribution is 9.11. The van der Waals surface area contributed by atoms with Crippen LogP contribution in [0.15, 0.2) is 44.2 Å². The van der Waals surface area contributed by atoms with Crippen molar-refractivity contribution in [2.24, 2.45) is 0 Å². The number of nitrogen functional groups attached to an aromatic ring is 1. The van der Waals surface area contributed by atoms with Crippen LogP contribution in [0.4, 0.5) is 15.8 Å². The minimum absolute atomic E-state index is 0.139. The van der Waals surface area contributed by atoms with Gasteiger partial charge in [0.2, 0.25) is 0 Å². The van der Waals surface area contributed by atoms with Crippen LogP contribution in [0, 0.1) is 12.7 Å². The fourth-order valence-electron chi connectivity index (χ4n) is 1.65. The van der Waals surface area contributed by atoms with Crippen LogP contribution in [0.25, 0.3) is 0 Å². The van der Waals surface area contributed by atoms with Crippen LogP contribution >= 0.6 is 31.9 Å². The predicted molar refractivity (Wildman–Crippen MR) is 88.2 cm³/mol. The SMILES string of the molecule is Cc1ccc(NS(=O)(=O)c2cc(N)c(Br)cc2F)c(Br)c1. The van der Waals surface area contributed by atoms with Gasteiger partial charge in [-0.15, -0.1) is 0 Å². The Bertz CT molecular complexity index is 810. The number of hydrogen-bond donors (Lipinski definition) is 2. The van der Waals surface area contributed by atoms with E-state index in [0.717, 1.165) is 17.7 Å². The quantitative estimate of drug-likeness (QED) is 0.711. The van der Waals surface area contributed by atoms with E-state index < -0.39 is 20.7 Å². The molecular weight excluding hydrogens is 427 g/mol. The van der Waals surface area contributed by atoms with Gasteiger partial charge in [-0.25, -0.2) is 12.8 Å². The summed E-state index contributed by atoms with van der Waals surface area (Å²) >= 11 is 6.31. The van der Waals surface area contributed by atoms with Gasteiger partial charge in [-0.1, -0.05) is 6.07 Å². The van der Waals surface area contributed by atoms with E-state index in [-0.39, 0.29) is 5.69 Å². The van der Waals surface area contributed by atoms with Crippen LogP contribution in [-0.2, 0) is 10.0 Å². The van der Waals surface area contributed by atoms with E-state index in [4.69, 9.17) is 5.73 Å². The van der Waals surface area contributed by atoms with Crippen LogP contribution in [0.5, 0.6) is 0 Å². The highest BCUT2D eigenvalue weighted by atomic mass is 79.9. The van der Waals surface area contributed by atoms with Gasteiger partial charge < -0.3 is 5.73 Å². The number of nitrogens with one attached hydrogen (secondary N) is 1. The average molecular weight is 438 g/mol. The summed E-state index contributed by atoms with van der Waals surface area (Å²) in [6.07, 6.45) is 0. The van der Waals surface area contributed by atoms with Crippen molar-refractivity contribution in [2.45, 2.75) is 11.8 Å². The van der Waals surface area contributed by atoms with E-state index in [0.29, 0.717) is 14.6 Å². The van der Waals surface area contributed by atoms with E-state index in [9.17, 15) is 12.8 Å². The maximum atomic E-state index is 13.9. The number of halogens is 3. The second-order valence-electron chi connectivity index (χ2n) is 4.39. The molecule has 0 amide bonds. The second kappa shape index (κ2) is 5.94. The molecule has 0 radical (unpaired) electrons. The lowest BCUT2D eigenvalue weighted by atomic mass is 10.2. The molecule has 8 heteroatoms. The Hall–Kier alpha value is -1.12. The molecule has 112 valence electrons. The van der Waals surface area contributed by atoms with Crippen LogP contribution in [-0.4, -0.2) is 8.42 Å². The molecule has 2 aromatic rings. The number of rotatable bonds is 3. The van der Waals surface area contributed by atoms with Crippen LogP contribution in [0.2, 0.25) is 0 Å². The summed E-state index contributed by atoms with van der Waals surface area (Å²) in [5.41, 5.74) is 7.04. The first kappa shape index (κ1) is 16.3. The Kier molecular flexibility index (Phi) is 4.60. The number of hydrogen-bond acceptors (Lipinski definition) is 3. The van der Waals surface area contributed by atoms with Gasteiger partial charge in [-0.3, -0.25) is 4.72 Å². The van der Waals surface area contributed by atoms with Gasteiger partial charge in [0.05, 0.1) is 5.69 Å². The Morgan fingerprint density at radius 1 is 1.14 bits per heavy atom. The van der Waals surface area contributed by atoms with Crippen molar-refractivity contribution < 1.29 is 12.8 Å². The molecule has 0 saturated carbocycles. The lowest BCUT2D eigenvalue weighted by Crippen LogP contribution is -2.15. The van der Waals surface area contributed by atoms with Gasteiger partial charge in [0.25, 0.3) is 10.0 Å². The third kappa shape index (κ3) is 3.56. The van der Waals surface area contributed by atoms with Gasteiger partial charge in [0.1, 0.15) is 10.7 Å². The van der Waals surface area contributed by atoms with Crippen molar-refractivity contribution in [2.75, 3.05) is 10.5 Å². The summed E-state index contributed by atoms with van der Waals surface area (Å²) < 4.78 is 41.6. The molecule has 4 nitrogen and oxygen atoms in total. The van der Waals surface area contributed by atoms with Crippen molar-refractivity contribution in [1.29, 1.82) is 0 Å². The summed E-state index contributed by atoms with van der Waals surface area (Å²) in [5.74, 6) is -0.883. The highest BCUT2D eigenvalue weighted by Gasteiger charge is 2.21. The summed E-state index contributed by atoms with van der Waals surface area (Å²) in [6, 6.07) is 7.19. The monoisotopic (exact) mass is 436 g/mol. The fourth-order valence-corrected chi connectivity index (χ4v) is 3.87. The first-order valence-electron chi connectivity index (χ1n) is 5.74. The average Bonchev–Trinajstić information content (AvgIpc) is 2.37. The number of aryl methyl sites for hydroxylation is 1. The minimum Gasteiger partial charge on any atom is -0.398 e. The van der Waals surface area contributed by atoms with Crippen LogP contribution in [0.1, 0.15) is 5.56 Å². The van der Waals surface area contributed by atoms with E-state index in [1.165, 1.54) is 0 Å². The molecule has 0 aliphatic heterocycles. The molecule has 0 aliphatic rings. The van der Waals surface area contributed by atoms with Gasteiger partial charge in [-0.05, 0) is 68.6 Å². The molecule has 0 saturated heterocycles. The molecule has 0 fully saturated rings. The summed E-state index contributed by atoms with van der Waals surface area (Å²) in [4.78, 5) is -0.504. The van der Waals surface area contributed by atoms with Crippen molar-refractivity contribution in [3.63, 3.8) is 0 Å². The summed E-state index contributed by atoms with van der Waals surface area (Å²) in [7, 11) is -4.07. The Balaban J connectivity index is 2.46. The molecule has 0 aromatic heterocycles. The van der Waals surface area contributed by atoms with Gasteiger partial charge in [0, 0.05) is 14.6 Å². The predicted octanol–water partition coefficient (Wildman–Crippen LogP) is 4.04. The summed E-state index contributed by atoms with van der Waals surface area (Å²) in [5, 5.41) is 0. The Morgan fingerprint density at radius 2 is 1.81 bits per heavy atom. The zero-order chi connectivity index (χ0) is 15.8. The molecule has 2 rings (SSSR count). The van der Waals surface area contributed by atoms with E-state index in [1.807, 2.05) is 6.92 Å². The maximum absolute atomic E-state index is 13.9. The maximum Gasteiger partial charge on any atom is 0.264 e. The summed E-state index contributed by atoms with van der Waals surface area (Å²) in [6.45, 7) is 1.87. The number of benzene rings is 2. The third-order valence-electron chi connectivity index (χ3n) is 2.71. The zero-order valence-electron chi connectivity index (χ0n) is 10.8. The molecule has 2 aromatic carbocycles. The van der Waals surface area contributed by atoms with Crippen molar-refractivity contribution in [3.05, 3.63) is 50.7 Å². The molecule has 3 N–H and O–H groups in total. The van der Waals surface area contributed by atoms with Crippen molar-refractivity contribution >= 4 is 53.3 Å². The molecule has 0 spiro atoms. The molecule has 0 atom stereocenters. The number of anilines is 2. The van der Waals surface area contributed by atoms with Gasteiger partial charge in [0.15, 0.2) is 0 Å². The fraction of sp³-hybridized carbons (Fsp3) is 0.0769. The van der Waals surface area contributed by atoms with Crippen molar-refractivity contribution in [3.8, 4) is 0 Å².